The molecule has 3 aliphatic rings. The molecule has 0 bridgehead atoms. The number of piperazine rings is 1. The van der Waals surface area contributed by atoms with E-state index in [9.17, 15) is 13.6 Å². The molecule has 2 heterocycles. The minimum atomic E-state index is -0.534. The van der Waals surface area contributed by atoms with Gasteiger partial charge in [0, 0.05) is 44.7 Å². The van der Waals surface area contributed by atoms with E-state index in [1.54, 1.807) is 6.26 Å². The maximum absolute atomic E-state index is 14.0. The van der Waals surface area contributed by atoms with Crippen LogP contribution in [0.15, 0.2) is 30.0 Å². The van der Waals surface area contributed by atoms with Gasteiger partial charge in [-0.05, 0) is 56.7 Å². The molecule has 4 rings (SSSR count). The molecule has 1 saturated heterocycles. The van der Waals surface area contributed by atoms with E-state index in [4.69, 9.17) is 4.74 Å². The third kappa shape index (κ3) is 5.31. The molecule has 1 aromatic rings. The monoisotopic (exact) mass is 419 g/mol. The second-order valence-corrected chi connectivity index (χ2v) is 8.67. The van der Waals surface area contributed by atoms with E-state index in [2.05, 4.69) is 10.2 Å². The zero-order valence-electron chi connectivity index (χ0n) is 17.4. The molecular weight excluding hydrogens is 388 g/mol. The highest BCUT2D eigenvalue weighted by Crippen LogP contribution is 2.28. The Morgan fingerprint density at radius 3 is 2.53 bits per heavy atom. The van der Waals surface area contributed by atoms with E-state index in [1.165, 1.54) is 18.6 Å². The van der Waals surface area contributed by atoms with E-state index in [0.29, 0.717) is 24.6 Å². The zero-order chi connectivity index (χ0) is 20.9. The van der Waals surface area contributed by atoms with Crippen LogP contribution in [0.3, 0.4) is 0 Å². The summed E-state index contributed by atoms with van der Waals surface area (Å²) in [6.45, 7) is 5.01. The average Bonchev–Trinajstić information content (AvgIpc) is 3.29. The van der Waals surface area contributed by atoms with Crippen molar-refractivity contribution in [1.29, 1.82) is 0 Å². The number of carbonyl (C=O) groups is 1. The SMILES string of the molecule is O=C(N[C@H]1CC[C@H](CCN2CCN(c3ccc(F)cc3F)CC2)CC1)C1=COCC1. The Kier molecular flexibility index (Phi) is 6.87. The Balaban J connectivity index is 1.14. The summed E-state index contributed by atoms with van der Waals surface area (Å²) in [7, 11) is 0. The first-order valence-electron chi connectivity index (χ1n) is 11.1. The van der Waals surface area contributed by atoms with Crippen LogP contribution in [-0.2, 0) is 9.53 Å². The summed E-state index contributed by atoms with van der Waals surface area (Å²) in [5.41, 5.74) is 1.26. The van der Waals surface area contributed by atoms with Crippen LogP contribution in [0.4, 0.5) is 14.5 Å². The van der Waals surface area contributed by atoms with Crippen molar-refractivity contribution in [3.05, 3.63) is 41.7 Å². The number of nitrogens with zero attached hydrogens (tertiary/aromatic N) is 2. The molecule has 30 heavy (non-hydrogen) atoms. The van der Waals surface area contributed by atoms with Gasteiger partial charge in [0.15, 0.2) is 0 Å². The fourth-order valence-electron chi connectivity index (χ4n) is 4.74. The molecule has 2 aliphatic heterocycles. The van der Waals surface area contributed by atoms with Crippen molar-refractivity contribution >= 4 is 11.6 Å². The van der Waals surface area contributed by atoms with Gasteiger partial charge >= 0.3 is 0 Å². The van der Waals surface area contributed by atoms with Gasteiger partial charge in [0.05, 0.1) is 24.1 Å². The Morgan fingerprint density at radius 1 is 1.10 bits per heavy atom. The lowest BCUT2D eigenvalue weighted by Crippen LogP contribution is -2.47. The molecule has 0 atom stereocenters. The van der Waals surface area contributed by atoms with E-state index < -0.39 is 11.6 Å². The molecule has 1 amide bonds. The summed E-state index contributed by atoms with van der Waals surface area (Å²) >= 11 is 0. The minimum Gasteiger partial charge on any atom is -0.500 e. The number of hydrogen-bond donors (Lipinski definition) is 1. The van der Waals surface area contributed by atoms with Crippen LogP contribution in [0.25, 0.3) is 0 Å². The largest absolute Gasteiger partial charge is 0.500 e. The lowest BCUT2D eigenvalue weighted by atomic mass is 9.84. The smallest absolute Gasteiger partial charge is 0.250 e. The number of anilines is 1. The topological polar surface area (TPSA) is 44.8 Å². The molecule has 5 nitrogen and oxygen atoms in total. The van der Waals surface area contributed by atoms with Crippen molar-refractivity contribution in [2.24, 2.45) is 5.92 Å². The second-order valence-electron chi connectivity index (χ2n) is 8.67. The third-order valence-electron chi connectivity index (χ3n) is 6.66. The van der Waals surface area contributed by atoms with Crippen molar-refractivity contribution in [3.8, 4) is 0 Å². The number of hydrogen-bond acceptors (Lipinski definition) is 4. The van der Waals surface area contributed by atoms with Gasteiger partial charge in [-0.15, -0.1) is 0 Å². The molecule has 0 unspecified atom stereocenters. The fourth-order valence-corrected chi connectivity index (χ4v) is 4.74. The average molecular weight is 420 g/mol. The van der Waals surface area contributed by atoms with E-state index in [0.717, 1.165) is 70.0 Å². The number of halogens is 2. The van der Waals surface area contributed by atoms with E-state index in [-0.39, 0.29) is 11.9 Å². The summed E-state index contributed by atoms with van der Waals surface area (Å²) in [6.07, 6.45) is 7.87. The Hall–Kier alpha value is -2.15. The summed E-state index contributed by atoms with van der Waals surface area (Å²) < 4.78 is 32.3. The number of nitrogens with one attached hydrogen (secondary N) is 1. The maximum Gasteiger partial charge on any atom is 0.250 e. The lowest BCUT2D eigenvalue weighted by molar-refractivity contribution is -0.118. The van der Waals surface area contributed by atoms with Gasteiger partial charge in [0.25, 0.3) is 5.91 Å². The lowest BCUT2D eigenvalue weighted by Gasteiger charge is -2.37. The molecule has 0 radical (unpaired) electrons. The maximum atomic E-state index is 14.0. The number of carbonyl (C=O) groups excluding carboxylic acids is 1. The predicted molar refractivity (Wildman–Crippen MR) is 112 cm³/mol. The van der Waals surface area contributed by atoms with Gasteiger partial charge in [-0.1, -0.05) is 0 Å². The van der Waals surface area contributed by atoms with E-state index in [1.807, 2.05) is 4.90 Å². The van der Waals surface area contributed by atoms with Crippen LogP contribution < -0.4 is 10.2 Å². The minimum absolute atomic E-state index is 0.0337. The molecule has 1 N–H and O–H groups in total. The fraction of sp³-hybridized carbons (Fsp3) is 0.609. The van der Waals surface area contributed by atoms with Crippen molar-refractivity contribution in [3.63, 3.8) is 0 Å². The number of rotatable bonds is 6. The second kappa shape index (κ2) is 9.77. The quantitative estimate of drug-likeness (QED) is 0.767. The van der Waals surface area contributed by atoms with Gasteiger partial charge in [-0.25, -0.2) is 8.78 Å². The highest BCUT2D eigenvalue weighted by atomic mass is 19.1. The Bertz CT molecular complexity index is 770. The normalized spacial score (nSPS) is 25.0. The number of amides is 1. The molecule has 0 spiro atoms. The van der Waals surface area contributed by atoms with Crippen LogP contribution in [0.2, 0.25) is 0 Å². The van der Waals surface area contributed by atoms with Crippen molar-refractivity contribution in [2.45, 2.75) is 44.6 Å². The number of benzene rings is 1. The Morgan fingerprint density at radius 2 is 1.87 bits per heavy atom. The zero-order valence-corrected chi connectivity index (χ0v) is 17.4. The van der Waals surface area contributed by atoms with Gasteiger partial charge in [-0.2, -0.15) is 0 Å². The van der Waals surface area contributed by atoms with Gasteiger partial charge in [-0.3, -0.25) is 9.69 Å². The first-order chi connectivity index (χ1) is 14.6. The summed E-state index contributed by atoms with van der Waals surface area (Å²) in [6, 6.07) is 4.10. The molecular formula is C23H31F2N3O2. The predicted octanol–water partition coefficient (Wildman–Crippen LogP) is 3.46. The van der Waals surface area contributed by atoms with Gasteiger partial charge in [0.2, 0.25) is 0 Å². The number of ether oxygens (including phenoxy) is 1. The van der Waals surface area contributed by atoms with Crippen LogP contribution in [0.1, 0.15) is 38.5 Å². The molecule has 1 aromatic carbocycles. The van der Waals surface area contributed by atoms with Crippen molar-refractivity contribution in [1.82, 2.24) is 10.2 Å². The molecule has 0 aromatic heterocycles. The van der Waals surface area contributed by atoms with E-state index >= 15 is 0 Å². The highest BCUT2D eigenvalue weighted by molar-refractivity contribution is 5.93. The third-order valence-corrected chi connectivity index (χ3v) is 6.66. The highest BCUT2D eigenvalue weighted by Gasteiger charge is 2.25. The van der Waals surface area contributed by atoms with Crippen molar-refractivity contribution < 1.29 is 18.3 Å². The molecule has 1 saturated carbocycles. The molecule has 2 fully saturated rings. The summed E-state index contributed by atoms with van der Waals surface area (Å²) in [5.74, 6) is -0.274. The molecule has 1 aliphatic carbocycles. The summed E-state index contributed by atoms with van der Waals surface area (Å²) in [4.78, 5) is 16.6. The van der Waals surface area contributed by atoms with Crippen LogP contribution >= 0.6 is 0 Å². The Labute approximate surface area is 177 Å². The van der Waals surface area contributed by atoms with Gasteiger partial charge < -0.3 is 15.0 Å². The molecule has 164 valence electrons. The van der Waals surface area contributed by atoms with Crippen LogP contribution in [0.5, 0.6) is 0 Å². The first-order valence-corrected chi connectivity index (χ1v) is 11.1. The first kappa shape index (κ1) is 21.1. The summed E-state index contributed by atoms with van der Waals surface area (Å²) in [5, 5.41) is 3.16. The molecule has 7 heteroatoms. The van der Waals surface area contributed by atoms with Crippen LogP contribution in [-0.4, -0.2) is 56.2 Å². The standard InChI is InChI=1S/C23H31F2N3O2/c24-19-3-6-22(21(25)15-19)28-12-10-27(11-13-28)9-7-17-1-4-20(5-2-17)26-23(29)18-8-14-30-16-18/h3,6,15-17,20H,1-2,4-5,7-14H2,(H,26,29)/t17-,20-. The van der Waals surface area contributed by atoms with Gasteiger partial charge in [0.1, 0.15) is 11.6 Å². The van der Waals surface area contributed by atoms with Crippen LogP contribution in [0, 0.1) is 17.6 Å². The van der Waals surface area contributed by atoms with Crippen molar-refractivity contribution in [2.75, 3.05) is 44.2 Å².